The number of methoxy groups -OCH3 is 1. The first kappa shape index (κ1) is 14.7. The Morgan fingerprint density at radius 2 is 2.27 bits per heavy atom. The Morgan fingerprint density at radius 1 is 1.67 bits per heavy atom. The first-order chi connectivity index (χ1) is 6.91. The smallest absolute Gasteiger partial charge is 0.307 e. The standard InChI is InChI=1S/C10H21NO3S/c1-8(5-9(12)14-3)11-6-10(2,13)7-15-4/h8,11,13H,5-7H2,1-4H3. The van der Waals surface area contributed by atoms with Crippen LogP contribution >= 0.6 is 11.8 Å². The predicted molar refractivity (Wildman–Crippen MR) is 63.1 cm³/mol. The van der Waals surface area contributed by atoms with Crippen molar-refractivity contribution in [1.82, 2.24) is 5.32 Å². The van der Waals surface area contributed by atoms with E-state index in [0.717, 1.165) is 0 Å². The summed E-state index contributed by atoms with van der Waals surface area (Å²) in [6, 6.07) is 0.0192. The number of aliphatic hydroxyl groups is 1. The lowest BCUT2D eigenvalue weighted by atomic mass is 10.1. The van der Waals surface area contributed by atoms with Gasteiger partial charge in [-0.2, -0.15) is 11.8 Å². The molecule has 0 spiro atoms. The summed E-state index contributed by atoms with van der Waals surface area (Å²) in [5, 5.41) is 13.0. The second-order valence-corrected chi connectivity index (χ2v) is 4.86. The van der Waals surface area contributed by atoms with Gasteiger partial charge in [-0.3, -0.25) is 4.79 Å². The Labute approximate surface area is 95.8 Å². The second kappa shape index (κ2) is 7.09. The molecule has 2 unspecified atom stereocenters. The zero-order chi connectivity index (χ0) is 11.9. The molecule has 0 radical (unpaired) electrons. The largest absolute Gasteiger partial charge is 0.469 e. The monoisotopic (exact) mass is 235 g/mol. The fourth-order valence-corrected chi connectivity index (χ4v) is 1.89. The van der Waals surface area contributed by atoms with Gasteiger partial charge in [-0.15, -0.1) is 0 Å². The van der Waals surface area contributed by atoms with Gasteiger partial charge in [-0.05, 0) is 20.1 Å². The molecule has 0 bridgehead atoms. The van der Waals surface area contributed by atoms with Crippen LogP contribution < -0.4 is 5.32 Å². The van der Waals surface area contributed by atoms with E-state index in [1.165, 1.54) is 7.11 Å². The van der Waals surface area contributed by atoms with E-state index >= 15 is 0 Å². The molecule has 0 rings (SSSR count). The Morgan fingerprint density at radius 3 is 2.73 bits per heavy atom. The lowest BCUT2D eigenvalue weighted by molar-refractivity contribution is -0.141. The summed E-state index contributed by atoms with van der Waals surface area (Å²) in [6.07, 6.45) is 2.28. The maximum atomic E-state index is 10.9. The molecule has 0 aromatic carbocycles. The van der Waals surface area contributed by atoms with Gasteiger partial charge in [0, 0.05) is 18.3 Å². The van der Waals surface area contributed by atoms with Crippen molar-refractivity contribution >= 4 is 17.7 Å². The van der Waals surface area contributed by atoms with Gasteiger partial charge in [0.15, 0.2) is 0 Å². The molecule has 2 atom stereocenters. The molecular formula is C10H21NO3S. The third-order valence-electron chi connectivity index (χ3n) is 1.99. The first-order valence-corrected chi connectivity index (χ1v) is 6.32. The molecule has 15 heavy (non-hydrogen) atoms. The minimum absolute atomic E-state index is 0.0192. The summed E-state index contributed by atoms with van der Waals surface area (Å²) in [5.74, 6) is 0.435. The number of nitrogens with one attached hydrogen (secondary N) is 1. The molecule has 0 heterocycles. The molecule has 0 fully saturated rings. The fourth-order valence-electron chi connectivity index (χ4n) is 1.16. The summed E-state index contributed by atoms with van der Waals surface area (Å²) in [4.78, 5) is 10.9. The van der Waals surface area contributed by atoms with Gasteiger partial charge in [0.05, 0.1) is 19.1 Å². The normalized spacial score (nSPS) is 16.9. The molecule has 0 aliphatic rings. The molecule has 4 nitrogen and oxygen atoms in total. The Hall–Kier alpha value is -0.260. The topological polar surface area (TPSA) is 58.6 Å². The average molecular weight is 235 g/mol. The Bertz CT molecular complexity index is 197. The quantitative estimate of drug-likeness (QED) is 0.634. The average Bonchev–Trinajstić information content (AvgIpc) is 2.15. The minimum Gasteiger partial charge on any atom is -0.469 e. The third kappa shape index (κ3) is 7.64. The maximum absolute atomic E-state index is 10.9. The SMILES string of the molecule is COC(=O)CC(C)NCC(C)(O)CSC. The van der Waals surface area contributed by atoms with E-state index < -0.39 is 5.60 Å². The molecule has 0 amide bonds. The van der Waals surface area contributed by atoms with Crippen molar-refractivity contribution in [1.29, 1.82) is 0 Å². The van der Waals surface area contributed by atoms with E-state index in [2.05, 4.69) is 10.1 Å². The molecule has 0 saturated heterocycles. The van der Waals surface area contributed by atoms with Crippen LogP contribution in [0.3, 0.4) is 0 Å². The fraction of sp³-hybridized carbons (Fsp3) is 0.900. The van der Waals surface area contributed by atoms with Gasteiger partial charge in [-0.25, -0.2) is 0 Å². The lowest BCUT2D eigenvalue weighted by Crippen LogP contribution is -2.43. The lowest BCUT2D eigenvalue weighted by Gasteiger charge is -2.24. The molecule has 0 aromatic rings. The predicted octanol–water partition coefficient (Wildman–Crippen LogP) is 0.642. The summed E-state index contributed by atoms with van der Waals surface area (Å²) in [5.41, 5.74) is -0.732. The van der Waals surface area contributed by atoms with Gasteiger partial charge >= 0.3 is 5.97 Å². The van der Waals surface area contributed by atoms with Crippen LogP contribution in [-0.4, -0.2) is 48.4 Å². The molecular weight excluding hydrogens is 214 g/mol. The van der Waals surface area contributed by atoms with Crippen molar-refractivity contribution in [2.24, 2.45) is 0 Å². The Balaban J connectivity index is 3.79. The maximum Gasteiger partial charge on any atom is 0.307 e. The van der Waals surface area contributed by atoms with Gasteiger partial charge < -0.3 is 15.2 Å². The number of hydrogen-bond donors (Lipinski definition) is 2. The van der Waals surface area contributed by atoms with E-state index in [0.29, 0.717) is 18.7 Å². The van der Waals surface area contributed by atoms with Gasteiger partial charge in [0.25, 0.3) is 0 Å². The van der Waals surface area contributed by atoms with Crippen molar-refractivity contribution < 1.29 is 14.6 Å². The van der Waals surface area contributed by atoms with Crippen LogP contribution in [0.2, 0.25) is 0 Å². The van der Waals surface area contributed by atoms with Gasteiger partial charge in [0.2, 0.25) is 0 Å². The van der Waals surface area contributed by atoms with Crippen molar-refractivity contribution in [3.8, 4) is 0 Å². The molecule has 0 aliphatic carbocycles. The van der Waals surface area contributed by atoms with Crippen LogP contribution in [0.15, 0.2) is 0 Å². The molecule has 2 N–H and O–H groups in total. The van der Waals surface area contributed by atoms with Crippen LogP contribution in [0, 0.1) is 0 Å². The van der Waals surface area contributed by atoms with E-state index in [4.69, 9.17) is 0 Å². The van der Waals surface area contributed by atoms with Crippen LogP contribution in [0.4, 0.5) is 0 Å². The highest BCUT2D eigenvalue weighted by Gasteiger charge is 2.20. The van der Waals surface area contributed by atoms with Crippen LogP contribution in [0.25, 0.3) is 0 Å². The van der Waals surface area contributed by atoms with E-state index in [1.807, 2.05) is 13.2 Å². The van der Waals surface area contributed by atoms with Crippen LogP contribution in [-0.2, 0) is 9.53 Å². The van der Waals surface area contributed by atoms with Crippen molar-refractivity contribution in [2.75, 3.05) is 25.7 Å². The summed E-state index contributed by atoms with van der Waals surface area (Å²) in [7, 11) is 1.37. The van der Waals surface area contributed by atoms with E-state index in [9.17, 15) is 9.90 Å². The zero-order valence-electron chi connectivity index (χ0n) is 9.87. The summed E-state index contributed by atoms with van der Waals surface area (Å²) in [6.45, 7) is 4.15. The highest BCUT2D eigenvalue weighted by atomic mass is 32.2. The molecule has 0 aromatic heterocycles. The molecule has 0 saturated carbocycles. The number of rotatable bonds is 7. The van der Waals surface area contributed by atoms with Crippen molar-refractivity contribution in [3.05, 3.63) is 0 Å². The van der Waals surface area contributed by atoms with E-state index in [1.54, 1.807) is 18.7 Å². The second-order valence-electron chi connectivity index (χ2n) is 3.99. The van der Waals surface area contributed by atoms with Crippen molar-refractivity contribution in [3.63, 3.8) is 0 Å². The number of hydrogen-bond acceptors (Lipinski definition) is 5. The highest BCUT2D eigenvalue weighted by Crippen LogP contribution is 2.09. The molecule has 90 valence electrons. The van der Waals surface area contributed by atoms with Crippen LogP contribution in [0.1, 0.15) is 20.3 Å². The number of esters is 1. The van der Waals surface area contributed by atoms with E-state index in [-0.39, 0.29) is 12.0 Å². The van der Waals surface area contributed by atoms with Crippen molar-refractivity contribution in [2.45, 2.75) is 31.9 Å². The summed E-state index contributed by atoms with van der Waals surface area (Å²) >= 11 is 1.60. The highest BCUT2D eigenvalue weighted by molar-refractivity contribution is 7.98. The third-order valence-corrected chi connectivity index (χ3v) is 2.90. The number of ether oxygens (including phenoxy) is 1. The zero-order valence-corrected chi connectivity index (χ0v) is 10.7. The van der Waals surface area contributed by atoms with Gasteiger partial charge in [0.1, 0.15) is 0 Å². The number of carbonyl (C=O) groups excluding carboxylic acids is 1. The van der Waals surface area contributed by atoms with Crippen LogP contribution in [0.5, 0.6) is 0 Å². The Kier molecular flexibility index (Phi) is 6.96. The number of carbonyl (C=O) groups is 1. The first-order valence-electron chi connectivity index (χ1n) is 4.93. The summed E-state index contributed by atoms with van der Waals surface area (Å²) < 4.78 is 4.55. The number of thioether (sulfide) groups is 1. The molecule has 0 aliphatic heterocycles. The molecule has 5 heteroatoms. The van der Waals surface area contributed by atoms with Gasteiger partial charge in [-0.1, -0.05) is 0 Å². The minimum atomic E-state index is -0.732.